The van der Waals surface area contributed by atoms with Gasteiger partial charge in [-0.25, -0.2) is 18.0 Å². The fourth-order valence-electron chi connectivity index (χ4n) is 2.02. The summed E-state index contributed by atoms with van der Waals surface area (Å²) in [5.74, 6) is -4.82. The minimum Gasteiger partial charge on any atom is -0.456 e. The minimum atomic E-state index is -1.30. The lowest BCUT2D eigenvalue weighted by Crippen LogP contribution is -2.27. The highest BCUT2D eigenvalue weighted by molar-refractivity contribution is 6.17. The Morgan fingerprint density at radius 1 is 0.960 bits per heavy atom. The maximum atomic E-state index is 13.7. The lowest BCUT2D eigenvalue weighted by atomic mass is 9.98. The lowest BCUT2D eigenvalue weighted by Gasteiger charge is -2.21. The number of ketones is 1. The van der Waals surface area contributed by atoms with Crippen LogP contribution < -0.4 is 0 Å². The molecule has 0 unspecified atom stereocenters. The van der Waals surface area contributed by atoms with Crippen LogP contribution in [-0.4, -0.2) is 17.4 Å². The van der Waals surface area contributed by atoms with Crippen LogP contribution in [0.3, 0.4) is 0 Å². The summed E-state index contributed by atoms with van der Waals surface area (Å²) in [6.45, 7) is 11.6. The van der Waals surface area contributed by atoms with Crippen LogP contribution in [-0.2, 0) is 20.7 Å². The molecule has 0 fully saturated rings. The summed E-state index contributed by atoms with van der Waals surface area (Å²) in [7, 11) is 0. The molecule has 0 N–H and O–H groups in total. The number of allylic oxidation sites excluding steroid dienone is 1. The second-order valence-electron chi connectivity index (χ2n) is 6.25. The van der Waals surface area contributed by atoms with Gasteiger partial charge in [0.2, 0.25) is 0 Å². The topological polar surface area (TPSA) is 43.4 Å². The molecule has 0 heterocycles. The number of esters is 1. The van der Waals surface area contributed by atoms with Gasteiger partial charge < -0.3 is 4.74 Å². The van der Waals surface area contributed by atoms with E-state index in [-0.39, 0.29) is 23.1 Å². The molecule has 0 aliphatic carbocycles. The SMILES string of the molecule is CC.CC(=O)/C(C(=O)OC(C)(C)C)=C(\C)Cc1cc(F)c(F)cc1F. The minimum absolute atomic E-state index is 0.149. The number of hydrogen-bond acceptors (Lipinski definition) is 3. The van der Waals surface area contributed by atoms with Crippen molar-refractivity contribution in [2.75, 3.05) is 0 Å². The van der Waals surface area contributed by atoms with Crippen LogP contribution in [0.4, 0.5) is 13.2 Å². The molecule has 6 heteroatoms. The summed E-state index contributed by atoms with van der Waals surface area (Å²) < 4.78 is 45.0. The summed E-state index contributed by atoms with van der Waals surface area (Å²) in [6.07, 6.45) is -0.211. The van der Waals surface area contributed by atoms with Gasteiger partial charge in [0, 0.05) is 6.07 Å². The van der Waals surface area contributed by atoms with Gasteiger partial charge >= 0.3 is 5.97 Å². The fraction of sp³-hybridized carbons (Fsp3) is 0.474. The van der Waals surface area contributed by atoms with Gasteiger partial charge in [0.1, 0.15) is 17.0 Å². The van der Waals surface area contributed by atoms with Crippen molar-refractivity contribution in [2.24, 2.45) is 0 Å². The fourth-order valence-corrected chi connectivity index (χ4v) is 2.02. The summed E-state index contributed by atoms with van der Waals surface area (Å²) >= 11 is 0. The molecule has 3 nitrogen and oxygen atoms in total. The third-order valence-electron chi connectivity index (χ3n) is 2.93. The van der Waals surface area contributed by atoms with E-state index in [1.807, 2.05) is 13.8 Å². The van der Waals surface area contributed by atoms with E-state index >= 15 is 0 Å². The predicted octanol–water partition coefficient (Wildman–Crippen LogP) is 4.92. The van der Waals surface area contributed by atoms with Crippen molar-refractivity contribution in [2.45, 2.75) is 60.5 Å². The number of carbonyl (C=O) groups is 2. The molecule has 1 rings (SSSR count). The third-order valence-corrected chi connectivity index (χ3v) is 2.93. The van der Waals surface area contributed by atoms with Gasteiger partial charge in [-0.2, -0.15) is 0 Å². The maximum Gasteiger partial charge on any atom is 0.342 e. The average molecular weight is 358 g/mol. The number of benzene rings is 1. The van der Waals surface area contributed by atoms with Crippen molar-refractivity contribution >= 4 is 11.8 Å². The molecule has 0 spiro atoms. The van der Waals surface area contributed by atoms with Crippen LogP contribution in [0.5, 0.6) is 0 Å². The number of ether oxygens (including phenoxy) is 1. The molecule has 0 amide bonds. The number of rotatable bonds is 4. The average Bonchev–Trinajstić information content (AvgIpc) is 2.44. The quantitative estimate of drug-likeness (QED) is 0.252. The second kappa shape index (κ2) is 9.39. The first kappa shape index (κ1) is 22.9. The first-order valence-electron chi connectivity index (χ1n) is 8.00. The monoisotopic (exact) mass is 358 g/mol. The van der Waals surface area contributed by atoms with Gasteiger partial charge in [0.15, 0.2) is 17.4 Å². The second-order valence-corrected chi connectivity index (χ2v) is 6.25. The van der Waals surface area contributed by atoms with Crippen molar-refractivity contribution in [3.63, 3.8) is 0 Å². The molecule has 0 saturated heterocycles. The Kier molecular flexibility index (Phi) is 8.60. The molecule has 1 aromatic rings. The third kappa shape index (κ3) is 7.11. The smallest absolute Gasteiger partial charge is 0.342 e. The Hall–Kier alpha value is -2.11. The number of carbonyl (C=O) groups excluding carboxylic acids is 2. The molecule has 140 valence electrons. The maximum absolute atomic E-state index is 13.7. The van der Waals surface area contributed by atoms with E-state index in [1.54, 1.807) is 20.8 Å². The largest absolute Gasteiger partial charge is 0.456 e. The van der Waals surface area contributed by atoms with E-state index in [1.165, 1.54) is 13.8 Å². The van der Waals surface area contributed by atoms with Gasteiger partial charge in [-0.05, 0) is 52.7 Å². The van der Waals surface area contributed by atoms with E-state index in [0.717, 1.165) is 0 Å². The van der Waals surface area contributed by atoms with Crippen LogP contribution in [0.25, 0.3) is 0 Å². The van der Waals surface area contributed by atoms with Crippen LogP contribution in [0.15, 0.2) is 23.3 Å². The molecule has 0 saturated carbocycles. The zero-order chi connectivity index (χ0) is 19.9. The molecule has 25 heavy (non-hydrogen) atoms. The highest BCUT2D eigenvalue weighted by atomic mass is 19.2. The Morgan fingerprint density at radius 3 is 1.88 bits per heavy atom. The van der Waals surface area contributed by atoms with Crippen molar-refractivity contribution in [1.29, 1.82) is 0 Å². The van der Waals surface area contributed by atoms with Crippen LogP contribution in [0.1, 0.15) is 54.0 Å². The normalized spacial score (nSPS) is 11.9. The molecule has 0 atom stereocenters. The van der Waals surface area contributed by atoms with Crippen molar-refractivity contribution in [1.82, 2.24) is 0 Å². The highest BCUT2D eigenvalue weighted by Gasteiger charge is 2.25. The Morgan fingerprint density at radius 2 is 1.44 bits per heavy atom. The van der Waals surface area contributed by atoms with Gasteiger partial charge in [0.25, 0.3) is 0 Å². The highest BCUT2D eigenvalue weighted by Crippen LogP contribution is 2.21. The van der Waals surface area contributed by atoms with E-state index in [9.17, 15) is 22.8 Å². The molecule has 0 aliphatic heterocycles. The zero-order valence-electron chi connectivity index (χ0n) is 15.7. The van der Waals surface area contributed by atoms with Crippen molar-refractivity contribution in [3.8, 4) is 0 Å². The van der Waals surface area contributed by atoms with Crippen molar-refractivity contribution in [3.05, 3.63) is 46.3 Å². The molecule has 0 aromatic heterocycles. The Bertz CT molecular complexity index is 671. The van der Waals surface area contributed by atoms with E-state index in [4.69, 9.17) is 4.74 Å². The van der Waals surface area contributed by atoms with Gasteiger partial charge in [-0.3, -0.25) is 4.79 Å². The summed E-state index contributed by atoms with van der Waals surface area (Å²) in [6, 6.07) is 1.14. The Labute approximate surface area is 146 Å². The van der Waals surface area contributed by atoms with E-state index < -0.39 is 34.8 Å². The first-order valence-corrected chi connectivity index (χ1v) is 8.00. The molecule has 0 bridgehead atoms. The Balaban J connectivity index is 0.00000277. The van der Waals surface area contributed by atoms with Gasteiger partial charge in [-0.1, -0.05) is 19.4 Å². The molecular formula is C19H25F3O3. The molecule has 0 radical (unpaired) electrons. The lowest BCUT2D eigenvalue weighted by molar-refractivity contribution is -0.150. The van der Waals surface area contributed by atoms with Crippen LogP contribution in [0, 0.1) is 17.5 Å². The van der Waals surface area contributed by atoms with Gasteiger partial charge in [-0.15, -0.1) is 0 Å². The number of halogens is 3. The van der Waals surface area contributed by atoms with Crippen LogP contribution >= 0.6 is 0 Å². The predicted molar refractivity (Wildman–Crippen MR) is 90.6 cm³/mol. The summed E-state index contributed by atoms with van der Waals surface area (Å²) in [5, 5.41) is 0. The van der Waals surface area contributed by atoms with E-state index in [0.29, 0.717) is 12.1 Å². The number of Topliss-reactive ketones (excluding diaryl/α,β-unsaturated/α-hetero) is 1. The van der Waals surface area contributed by atoms with Crippen molar-refractivity contribution < 1.29 is 27.5 Å². The summed E-state index contributed by atoms with van der Waals surface area (Å²) in [4.78, 5) is 23.8. The van der Waals surface area contributed by atoms with E-state index in [2.05, 4.69) is 0 Å². The first-order chi connectivity index (χ1) is 11.4. The zero-order valence-corrected chi connectivity index (χ0v) is 15.7. The molecular weight excluding hydrogens is 333 g/mol. The summed E-state index contributed by atoms with van der Waals surface area (Å²) in [5.41, 5.74) is -0.949. The van der Waals surface area contributed by atoms with Gasteiger partial charge in [0.05, 0.1) is 0 Å². The number of hydrogen-bond donors (Lipinski definition) is 0. The molecule has 0 aliphatic rings. The standard InChI is InChI=1S/C17H19F3O3.C2H6/c1-9(6-11-7-13(19)14(20)8-12(11)18)15(10(2)21)16(22)23-17(3,4)5;1-2/h7-8H,6H2,1-5H3;1-2H3/b15-9-;. The van der Waals surface area contributed by atoms with Crippen LogP contribution in [0.2, 0.25) is 0 Å². The molecule has 1 aromatic carbocycles.